The van der Waals surface area contributed by atoms with Crippen molar-refractivity contribution in [2.75, 3.05) is 7.11 Å². The Bertz CT molecular complexity index is 606. The smallest absolute Gasteiger partial charge is 0.373 e. The number of hydrogen-bond acceptors (Lipinski definition) is 4. The van der Waals surface area contributed by atoms with E-state index in [1.807, 2.05) is 18.2 Å². The summed E-state index contributed by atoms with van der Waals surface area (Å²) in [5, 5.41) is 9.18. The van der Waals surface area contributed by atoms with Crippen molar-refractivity contribution in [2.45, 2.75) is 25.2 Å². The van der Waals surface area contributed by atoms with Gasteiger partial charge in [0.2, 0.25) is 0 Å². The number of carboxylic acids is 1. The van der Waals surface area contributed by atoms with Crippen LogP contribution in [0.5, 0.6) is 0 Å². The molecule has 0 amide bonds. The van der Waals surface area contributed by atoms with Crippen LogP contribution in [0, 0.1) is 0 Å². The summed E-state index contributed by atoms with van der Waals surface area (Å²) in [7, 11) is 1.57. The molecule has 2 aliphatic carbocycles. The van der Waals surface area contributed by atoms with Crippen LogP contribution in [0.4, 0.5) is 0 Å². The van der Waals surface area contributed by atoms with Crippen molar-refractivity contribution in [3.8, 4) is 0 Å². The van der Waals surface area contributed by atoms with Gasteiger partial charge >= 0.3 is 5.97 Å². The van der Waals surface area contributed by atoms with Crippen LogP contribution >= 0.6 is 0 Å². The lowest BCUT2D eigenvalue weighted by Gasteiger charge is -2.29. The number of fused-ring (bicyclic) bond motifs is 2. The molecule has 0 aromatic heterocycles. The lowest BCUT2D eigenvalue weighted by Crippen LogP contribution is -2.33. The third-order valence-corrected chi connectivity index (χ3v) is 3.63. The Kier molecular flexibility index (Phi) is 3.66. The molecule has 3 aliphatic rings. The average molecular weight is 288 g/mol. The van der Waals surface area contributed by atoms with Crippen LogP contribution in [-0.2, 0) is 19.0 Å². The summed E-state index contributed by atoms with van der Waals surface area (Å²) in [6.07, 6.45) is 11.0. The third-order valence-electron chi connectivity index (χ3n) is 3.63. The normalized spacial score (nSPS) is 30.9. The Morgan fingerprint density at radius 1 is 1.38 bits per heavy atom. The van der Waals surface area contributed by atoms with Gasteiger partial charge < -0.3 is 19.3 Å². The molecular formula is C16H16O5. The summed E-state index contributed by atoms with van der Waals surface area (Å²) < 4.78 is 16.0. The fourth-order valence-electron chi connectivity index (χ4n) is 2.60. The molecule has 3 rings (SSSR count). The molecule has 1 aliphatic heterocycles. The van der Waals surface area contributed by atoms with Gasteiger partial charge in [-0.15, -0.1) is 0 Å². The van der Waals surface area contributed by atoms with E-state index in [4.69, 9.17) is 14.2 Å². The Morgan fingerprint density at radius 2 is 2.24 bits per heavy atom. The molecule has 0 radical (unpaired) electrons. The predicted molar refractivity (Wildman–Crippen MR) is 75.1 cm³/mol. The topological polar surface area (TPSA) is 65.0 Å². The van der Waals surface area contributed by atoms with E-state index in [2.05, 4.69) is 6.08 Å². The molecule has 1 heterocycles. The molecule has 0 saturated carbocycles. The second-order valence-electron chi connectivity index (χ2n) is 4.92. The first-order chi connectivity index (χ1) is 10.2. The molecule has 2 atom stereocenters. The van der Waals surface area contributed by atoms with Crippen molar-refractivity contribution in [3.63, 3.8) is 0 Å². The van der Waals surface area contributed by atoms with Gasteiger partial charge in [0.15, 0.2) is 0 Å². The van der Waals surface area contributed by atoms with Gasteiger partial charge in [-0.05, 0) is 36.1 Å². The van der Waals surface area contributed by atoms with E-state index in [0.717, 1.165) is 29.6 Å². The first-order valence-electron chi connectivity index (χ1n) is 6.77. The fraction of sp³-hybridized carbons (Fsp3) is 0.312. The third kappa shape index (κ3) is 2.64. The molecule has 1 N–H and O–H groups in total. The maximum absolute atomic E-state index is 11.2. The Balaban J connectivity index is 2.06. The fourth-order valence-corrected chi connectivity index (χ4v) is 2.60. The Hall–Kier alpha value is -2.27. The first-order valence-corrected chi connectivity index (χ1v) is 6.77. The zero-order valence-corrected chi connectivity index (χ0v) is 11.6. The zero-order valence-electron chi connectivity index (χ0n) is 11.6. The van der Waals surface area contributed by atoms with Gasteiger partial charge in [-0.1, -0.05) is 18.2 Å². The van der Waals surface area contributed by atoms with Gasteiger partial charge in [0, 0.05) is 5.57 Å². The van der Waals surface area contributed by atoms with Crippen LogP contribution in [-0.4, -0.2) is 30.6 Å². The molecule has 0 bridgehead atoms. The van der Waals surface area contributed by atoms with Crippen molar-refractivity contribution < 1.29 is 24.1 Å². The summed E-state index contributed by atoms with van der Waals surface area (Å²) in [4.78, 5) is 11.2. The number of allylic oxidation sites excluding steroid dienone is 5. The van der Waals surface area contributed by atoms with Gasteiger partial charge in [0.1, 0.15) is 11.9 Å². The van der Waals surface area contributed by atoms with E-state index in [9.17, 15) is 9.90 Å². The standard InChI is InChI=1S/C16H16O5/c1-19-11-6-7-13-12-5-3-2-4-10(12)9-20-16(15(17)18)21-14(13)8-11/h2,4,6-9,14,16H,3,5H2,1H3,(H,17,18)/b10-9?,13-12-. The summed E-state index contributed by atoms with van der Waals surface area (Å²) in [6, 6.07) is 0. The SMILES string of the molecule is COC1=CC2OC(C(=O)O)OC=C3C=CCC/C3=C/2C=C1. The quantitative estimate of drug-likeness (QED) is 0.845. The van der Waals surface area contributed by atoms with Gasteiger partial charge in [0.25, 0.3) is 6.29 Å². The summed E-state index contributed by atoms with van der Waals surface area (Å²) in [5.41, 5.74) is 2.98. The molecular weight excluding hydrogens is 272 g/mol. The maximum atomic E-state index is 11.2. The van der Waals surface area contributed by atoms with Crippen LogP contribution in [0.1, 0.15) is 12.8 Å². The number of rotatable bonds is 2. The molecule has 2 unspecified atom stereocenters. The summed E-state index contributed by atoms with van der Waals surface area (Å²) >= 11 is 0. The highest BCUT2D eigenvalue weighted by Crippen LogP contribution is 2.34. The number of methoxy groups -OCH3 is 1. The van der Waals surface area contributed by atoms with E-state index in [0.29, 0.717) is 5.76 Å². The van der Waals surface area contributed by atoms with Crippen molar-refractivity contribution >= 4 is 5.97 Å². The number of hydrogen-bond donors (Lipinski definition) is 1. The number of ether oxygens (including phenoxy) is 3. The minimum Gasteiger partial charge on any atom is -0.497 e. The molecule has 0 aromatic rings. The largest absolute Gasteiger partial charge is 0.497 e. The molecule has 0 spiro atoms. The minimum absolute atomic E-state index is 0.490. The van der Waals surface area contributed by atoms with Crippen molar-refractivity contribution in [1.29, 1.82) is 0 Å². The maximum Gasteiger partial charge on any atom is 0.373 e. The number of carboxylic acid groups (broad SMARTS) is 1. The molecule has 0 aromatic carbocycles. The second-order valence-corrected chi connectivity index (χ2v) is 4.92. The lowest BCUT2D eigenvalue weighted by atomic mass is 9.87. The van der Waals surface area contributed by atoms with Gasteiger partial charge in [0.05, 0.1) is 13.4 Å². The van der Waals surface area contributed by atoms with Crippen molar-refractivity contribution in [1.82, 2.24) is 0 Å². The molecule has 5 nitrogen and oxygen atoms in total. The van der Waals surface area contributed by atoms with E-state index < -0.39 is 18.4 Å². The molecule has 110 valence electrons. The Labute approximate surface area is 122 Å². The van der Waals surface area contributed by atoms with Crippen LogP contribution in [0.25, 0.3) is 0 Å². The lowest BCUT2D eigenvalue weighted by molar-refractivity contribution is -0.181. The van der Waals surface area contributed by atoms with Crippen LogP contribution in [0.15, 0.2) is 59.1 Å². The van der Waals surface area contributed by atoms with E-state index in [-0.39, 0.29) is 0 Å². The summed E-state index contributed by atoms with van der Waals surface area (Å²) in [6.45, 7) is 0. The Morgan fingerprint density at radius 3 is 3.00 bits per heavy atom. The number of carbonyl (C=O) groups is 1. The zero-order chi connectivity index (χ0) is 14.8. The van der Waals surface area contributed by atoms with Crippen LogP contribution < -0.4 is 0 Å². The first kappa shape index (κ1) is 13.7. The molecule has 21 heavy (non-hydrogen) atoms. The van der Waals surface area contributed by atoms with Gasteiger partial charge in [-0.2, -0.15) is 0 Å². The predicted octanol–water partition coefficient (Wildman–Crippen LogP) is 2.44. The molecule has 5 heteroatoms. The molecule has 0 fully saturated rings. The average Bonchev–Trinajstić information content (AvgIpc) is 2.49. The van der Waals surface area contributed by atoms with Gasteiger partial charge in [-0.3, -0.25) is 0 Å². The van der Waals surface area contributed by atoms with Crippen LogP contribution in [0.3, 0.4) is 0 Å². The second kappa shape index (κ2) is 5.61. The highest BCUT2D eigenvalue weighted by molar-refractivity contribution is 5.71. The number of aliphatic carboxylic acids is 1. The van der Waals surface area contributed by atoms with E-state index in [1.54, 1.807) is 13.2 Å². The highest BCUT2D eigenvalue weighted by atomic mass is 16.7. The van der Waals surface area contributed by atoms with Crippen LogP contribution in [0.2, 0.25) is 0 Å². The van der Waals surface area contributed by atoms with Crippen molar-refractivity contribution in [2.24, 2.45) is 0 Å². The highest BCUT2D eigenvalue weighted by Gasteiger charge is 2.30. The van der Waals surface area contributed by atoms with E-state index in [1.165, 1.54) is 6.26 Å². The van der Waals surface area contributed by atoms with Gasteiger partial charge in [-0.25, -0.2) is 4.79 Å². The molecule has 0 saturated heterocycles. The minimum atomic E-state index is -1.34. The monoisotopic (exact) mass is 288 g/mol. The van der Waals surface area contributed by atoms with E-state index >= 15 is 0 Å². The van der Waals surface area contributed by atoms with Crippen molar-refractivity contribution in [3.05, 3.63) is 59.1 Å². The summed E-state index contributed by atoms with van der Waals surface area (Å²) in [5.74, 6) is -0.512.